The van der Waals surface area contributed by atoms with Crippen LogP contribution in [0.25, 0.3) is 11.1 Å². The molecule has 4 rings (SSSR count). The minimum atomic E-state index is -0.209. The summed E-state index contributed by atoms with van der Waals surface area (Å²) in [4.78, 5) is 16.0. The average Bonchev–Trinajstić information content (AvgIpc) is 2.87. The van der Waals surface area contributed by atoms with Crippen molar-refractivity contribution in [1.29, 1.82) is 0 Å². The molecule has 0 unspecified atom stereocenters. The summed E-state index contributed by atoms with van der Waals surface area (Å²) in [7, 11) is 0. The van der Waals surface area contributed by atoms with Crippen LogP contribution in [0, 0.1) is 0 Å². The molecule has 2 N–H and O–H groups in total. The van der Waals surface area contributed by atoms with Gasteiger partial charge in [0, 0.05) is 31.0 Å². The van der Waals surface area contributed by atoms with Gasteiger partial charge in [-0.15, -0.1) is 0 Å². The molecule has 4 aromatic rings. The Morgan fingerprint density at radius 3 is 2.16 bits per heavy atom. The lowest BCUT2D eigenvalue weighted by atomic mass is 10.0. The fraction of sp³-hybridized carbons (Fsp3) is 0.111. The van der Waals surface area contributed by atoms with Crippen LogP contribution in [0.1, 0.15) is 16.7 Å². The number of urea groups is 1. The van der Waals surface area contributed by atoms with E-state index >= 15 is 0 Å². The van der Waals surface area contributed by atoms with Crippen LogP contribution in [0.15, 0.2) is 103 Å². The molecule has 32 heavy (non-hydrogen) atoms. The molecule has 2 amide bonds. The van der Waals surface area contributed by atoms with Gasteiger partial charge in [-0.3, -0.25) is 4.98 Å². The third kappa shape index (κ3) is 5.95. The summed E-state index contributed by atoms with van der Waals surface area (Å²) < 4.78 is 6.10. The van der Waals surface area contributed by atoms with Crippen LogP contribution in [-0.4, -0.2) is 11.0 Å². The van der Waals surface area contributed by atoms with E-state index in [-0.39, 0.29) is 6.03 Å². The van der Waals surface area contributed by atoms with Gasteiger partial charge in [0.25, 0.3) is 0 Å². The van der Waals surface area contributed by atoms with Crippen LogP contribution in [-0.2, 0) is 19.7 Å². The second-order valence-corrected chi connectivity index (χ2v) is 7.36. The molecule has 0 bridgehead atoms. The summed E-state index contributed by atoms with van der Waals surface area (Å²) in [6.07, 6.45) is 3.44. The predicted octanol–water partition coefficient (Wildman–Crippen LogP) is 5.33. The first kappa shape index (κ1) is 21.1. The van der Waals surface area contributed by atoms with Crippen LogP contribution >= 0.6 is 0 Å². The molecule has 160 valence electrons. The standard InChI is InChI=1S/C27H25N3O2/c31-27(30-19-23-7-6-16-28-17-23)29-18-21-12-14-22(15-13-21)20-32-26-11-5-4-10-25(26)24-8-2-1-3-9-24/h1-17H,18-20H2,(H2,29,30,31). The maximum Gasteiger partial charge on any atom is 0.315 e. The van der Waals surface area contributed by atoms with Gasteiger partial charge in [0.05, 0.1) is 0 Å². The molecule has 0 saturated heterocycles. The molecule has 0 radical (unpaired) electrons. The van der Waals surface area contributed by atoms with Crippen LogP contribution in [0.3, 0.4) is 0 Å². The number of hydrogen-bond donors (Lipinski definition) is 2. The van der Waals surface area contributed by atoms with Gasteiger partial charge in [-0.25, -0.2) is 4.79 Å². The summed E-state index contributed by atoms with van der Waals surface area (Å²) in [6, 6.07) is 29.9. The van der Waals surface area contributed by atoms with Crippen LogP contribution in [0.2, 0.25) is 0 Å². The highest BCUT2D eigenvalue weighted by molar-refractivity contribution is 5.73. The van der Waals surface area contributed by atoms with Crippen LogP contribution in [0.5, 0.6) is 5.75 Å². The smallest absolute Gasteiger partial charge is 0.315 e. The Hall–Kier alpha value is -4.12. The molecular weight excluding hydrogens is 398 g/mol. The van der Waals surface area contributed by atoms with Crippen molar-refractivity contribution in [3.63, 3.8) is 0 Å². The van der Waals surface area contributed by atoms with Gasteiger partial charge < -0.3 is 15.4 Å². The first-order chi connectivity index (χ1) is 15.8. The fourth-order valence-electron chi connectivity index (χ4n) is 3.29. The Bertz CT molecular complexity index is 1130. The van der Waals surface area contributed by atoms with Gasteiger partial charge in [0.15, 0.2) is 0 Å². The second-order valence-electron chi connectivity index (χ2n) is 7.36. The highest BCUT2D eigenvalue weighted by Crippen LogP contribution is 2.30. The Kier molecular flexibility index (Phi) is 7.11. The summed E-state index contributed by atoms with van der Waals surface area (Å²) >= 11 is 0. The third-order valence-electron chi connectivity index (χ3n) is 5.02. The quantitative estimate of drug-likeness (QED) is 0.403. The highest BCUT2D eigenvalue weighted by Gasteiger charge is 2.06. The van der Waals surface area contributed by atoms with E-state index in [1.54, 1.807) is 12.4 Å². The van der Waals surface area contributed by atoms with E-state index in [0.29, 0.717) is 19.7 Å². The average molecular weight is 424 g/mol. The minimum absolute atomic E-state index is 0.209. The molecule has 3 aromatic carbocycles. The second kappa shape index (κ2) is 10.8. The molecule has 1 aromatic heterocycles. The molecule has 0 aliphatic rings. The van der Waals surface area contributed by atoms with Gasteiger partial charge in [-0.2, -0.15) is 0 Å². The monoisotopic (exact) mass is 423 g/mol. The van der Waals surface area contributed by atoms with E-state index in [2.05, 4.69) is 33.8 Å². The van der Waals surface area contributed by atoms with Crippen molar-refractivity contribution < 1.29 is 9.53 Å². The number of aromatic nitrogens is 1. The Morgan fingerprint density at radius 1 is 0.719 bits per heavy atom. The zero-order chi connectivity index (χ0) is 22.0. The topological polar surface area (TPSA) is 63.2 Å². The van der Waals surface area contributed by atoms with Gasteiger partial charge in [0.2, 0.25) is 0 Å². The lowest BCUT2D eigenvalue weighted by Crippen LogP contribution is -2.34. The van der Waals surface area contributed by atoms with Gasteiger partial charge in [0.1, 0.15) is 12.4 Å². The fourth-order valence-corrected chi connectivity index (χ4v) is 3.29. The number of hydrogen-bond acceptors (Lipinski definition) is 3. The normalized spacial score (nSPS) is 10.4. The molecule has 5 heteroatoms. The van der Waals surface area contributed by atoms with E-state index in [4.69, 9.17) is 4.74 Å². The zero-order valence-corrected chi connectivity index (χ0v) is 17.7. The van der Waals surface area contributed by atoms with Crippen molar-refractivity contribution in [2.75, 3.05) is 0 Å². The number of nitrogens with zero attached hydrogens (tertiary/aromatic N) is 1. The van der Waals surface area contributed by atoms with E-state index < -0.39 is 0 Å². The van der Waals surface area contributed by atoms with Crippen LogP contribution in [0.4, 0.5) is 4.79 Å². The number of nitrogens with one attached hydrogen (secondary N) is 2. The summed E-state index contributed by atoms with van der Waals surface area (Å²) in [5.41, 5.74) is 5.26. The van der Waals surface area contributed by atoms with Crippen molar-refractivity contribution in [3.8, 4) is 16.9 Å². The molecule has 0 aliphatic carbocycles. The van der Waals surface area contributed by atoms with Crippen molar-refractivity contribution in [2.24, 2.45) is 0 Å². The number of para-hydroxylation sites is 1. The van der Waals surface area contributed by atoms with Crippen molar-refractivity contribution in [3.05, 3.63) is 120 Å². The maximum absolute atomic E-state index is 12.0. The SMILES string of the molecule is O=C(NCc1ccc(COc2ccccc2-c2ccccc2)cc1)NCc1cccnc1. The van der Waals surface area contributed by atoms with E-state index in [9.17, 15) is 4.79 Å². The van der Waals surface area contributed by atoms with Gasteiger partial charge in [-0.1, -0.05) is 78.9 Å². The summed E-state index contributed by atoms with van der Waals surface area (Å²) in [5.74, 6) is 0.856. The summed E-state index contributed by atoms with van der Waals surface area (Å²) in [5, 5.41) is 5.70. The molecule has 0 spiro atoms. The molecule has 1 heterocycles. The number of benzene rings is 3. The Balaban J connectivity index is 1.27. The first-order valence-electron chi connectivity index (χ1n) is 10.5. The number of rotatable bonds is 8. The zero-order valence-electron chi connectivity index (χ0n) is 17.7. The molecule has 0 saturated carbocycles. The highest BCUT2D eigenvalue weighted by atomic mass is 16.5. The number of ether oxygens (including phenoxy) is 1. The molecule has 0 fully saturated rings. The minimum Gasteiger partial charge on any atom is -0.488 e. The lowest BCUT2D eigenvalue weighted by Gasteiger charge is -2.12. The molecular formula is C27H25N3O2. The largest absolute Gasteiger partial charge is 0.488 e. The molecule has 5 nitrogen and oxygen atoms in total. The number of carbonyl (C=O) groups excluding carboxylic acids is 1. The maximum atomic E-state index is 12.0. The predicted molar refractivity (Wildman–Crippen MR) is 126 cm³/mol. The molecule has 0 aliphatic heterocycles. The third-order valence-corrected chi connectivity index (χ3v) is 5.02. The van der Waals surface area contributed by atoms with Gasteiger partial charge >= 0.3 is 6.03 Å². The number of pyridine rings is 1. The lowest BCUT2D eigenvalue weighted by molar-refractivity contribution is 0.240. The van der Waals surface area contributed by atoms with E-state index in [1.165, 1.54) is 0 Å². The molecule has 0 atom stereocenters. The van der Waals surface area contributed by atoms with Crippen molar-refractivity contribution >= 4 is 6.03 Å². The summed E-state index contributed by atoms with van der Waals surface area (Å²) in [6.45, 7) is 1.38. The Labute approximate surface area is 188 Å². The first-order valence-corrected chi connectivity index (χ1v) is 10.5. The van der Waals surface area contributed by atoms with Gasteiger partial charge in [-0.05, 0) is 34.4 Å². The van der Waals surface area contributed by atoms with Crippen molar-refractivity contribution in [1.82, 2.24) is 15.6 Å². The van der Waals surface area contributed by atoms with Crippen LogP contribution < -0.4 is 15.4 Å². The van der Waals surface area contributed by atoms with Crippen molar-refractivity contribution in [2.45, 2.75) is 19.7 Å². The number of carbonyl (C=O) groups is 1. The number of amides is 2. The van der Waals surface area contributed by atoms with E-state index in [1.807, 2.05) is 72.8 Å². The van der Waals surface area contributed by atoms with E-state index in [0.717, 1.165) is 33.6 Å². The Morgan fingerprint density at radius 2 is 1.41 bits per heavy atom.